The highest BCUT2D eigenvalue weighted by atomic mass is 15.2. The summed E-state index contributed by atoms with van der Waals surface area (Å²) >= 11 is 0. The third kappa shape index (κ3) is 7.31. The summed E-state index contributed by atoms with van der Waals surface area (Å²) in [6.07, 6.45) is 0. The summed E-state index contributed by atoms with van der Waals surface area (Å²) in [6, 6.07) is 80.3. The summed E-state index contributed by atoms with van der Waals surface area (Å²) in [5.74, 6) is 0. The zero-order chi connectivity index (χ0) is 43.4. The van der Waals surface area contributed by atoms with Crippen LogP contribution >= 0.6 is 0 Å². The van der Waals surface area contributed by atoms with Crippen molar-refractivity contribution in [2.45, 2.75) is 0 Å². The maximum Gasteiger partial charge on any atom is 0.187 e. The maximum atomic E-state index is 9.62. The summed E-state index contributed by atoms with van der Waals surface area (Å²) in [6.45, 7) is 7.57. The van der Waals surface area contributed by atoms with Crippen LogP contribution in [0.4, 0.5) is 56.9 Å². The molecule has 0 fully saturated rings. The molecule has 0 atom stereocenters. The first-order valence-corrected chi connectivity index (χ1v) is 20.8. The van der Waals surface area contributed by atoms with Gasteiger partial charge in [-0.2, -0.15) is 10.5 Å². The van der Waals surface area contributed by atoms with Gasteiger partial charge in [-0.1, -0.05) is 66.7 Å². The second-order valence-electron chi connectivity index (χ2n) is 15.2. The Hall–Kier alpha value is -9.35. The Morgan fingerprint density at radius 1 is 0.359 bits per heavy atom. The number of para-hydroxylation sites is 3. The van der Waals surface area contributed by atoms with E-state index in [1.54, 1.807) is 0 Å². The number of fused-ring (bicyclic) bond motifs is 3. The first kappa shape index (κ1) is 38.8. The lowest BCUT2D eigenvalue weighted by Crippen LogP contribution is -2.10. The van der Waals surface area contributed by atoms with Gasteiger partial charge in [0.05, 0.1) is 40.9 Å². The van der Waals surface area contributed by atoms with Crippen LogP contribution in [0.5, 0.6) is 0 Å². The second kappa shape index (κ2) is 17.0. The molecule has 0 saturated heterocycles. The number of hydrogen-bond donors (Lipinski definition) is 0. The quantitative estimate of drug-likeness (QED) is 0.129. The molecule has 0 amide bonds. The molecule has 0 aliphatic rings. The van der Waals surface area contributed by atoms with Gasteiger partial charge >= 0.3 is 0 Å². The molecule has 0 unspecified atom stereocenters. The lowest BCUT2D eigenvalue weighted by Gasteiger charge is -2.26. The second-order valence-corrected chi connectivity index (χ2v) is 15.2. The van der Waals surface area contributed by atoms with Crippen molar-refractivity contribution in [3.63, 3.8) is 0 Å². The molecule has 300 valence electrons. The summed E-state index contributed by atoms with van der Waals surface area (Å²) in [5, 5.41) is 21.3. The smallest absolute Gasteiger partial charge is 0.187 e. The van der Waals surface area contributed by atoms with Crippen LogP contribution in [0.3, 0.4) is 0 Å². The first-order valence-electron chi connectivity index (χ1n) is 20.8. The van der Waals surface area contributed by atoms with Gasteiger partial charge in [-0.25, -0.2) is 4.85 Å². The van der Waals surface area contributed by atoms with Crippen LogP contribution < -0.4 is 14.7 Å². The summed E-state index contributed by atoms with van der Waals surface area (Å²) in [7, 11) is 0. The molecular formula is C57H37N7. The number of anilines is 9. The molecular weight excluding hydrogens is 783 g/mol. The molecule has 1 heterocycles. The van der Waals surface area contributed by atoms with Gasteiger partial charge in [0, 0.05) is 67.6 Å². The first-order chi connectivity index (χ1) is 31.6. The van der Waals surface area contributed by atoms with Gasteiger partial charge in [0.15, 0.2) is 5.69 Å². The van der Waals surface area contributed by atoms with Crippen LogP contribution in [0.1, 0.15) is 11.1 Å². The van der Waals surface area contributed by atoms with Gasteiger partial charge < -0.3 is 19.3 Å². The van der Waals surface area contributed by atoms with Crippen molar-refractivity contribution >= 4 is 78.7 Å². The van der Waals surface area contributed by atoms with Crippen LogP contribution in [0, 0.1) is 29.2 Å². The molecule has 0 saturated carbocycles. The van der Waals surface area contributed by atoms with Crippen LogP contribution in [-0.2, 0) is 0 Å². The molecule has 1 aromatic heterocycles. The van der Waals surface area contributed by atoms with Crippen molar-refractivity contribution in [2.75, 3.05) is 14.7 Å². The Labute approximate surface area is 371 Å². The molecule has 10 aromatic rings. The van der Waals surface area contributed by atoms with Crippen molar-refractivity contribution in [3.8, 4) is 17.8 Å². The lowest BCUT2D eigenvalue weighted by atomic mass is 10.1. The molecule has 0 radical (unpaired) electrons. The molecule has 7 heteroatoms. The number of nitrogens with zero attached hydrogens (tertiary/aromatic N) is 7. The Morgan fingerprint density at radius 3 is 1.03 bits per heavy atom. The van der Waals surface area contributed by atoms with Crippen molar-refractivity contribution < 1.29 is 0 Å². The molecule has 0 N–H and O–H groups in total. The molecule has 10 rings (SSSR count). The Bertz CT molecular complexity index is 3220. The fourth-order valence-corrected chi connectivity index (χ4v) is 8.43. The standard InChI is InChI=1S/C57H37N7/c1-60-43-21-27-49(28-22-43)63(46-15-9-4-10-16-46)53-34-36-57-55(38-53)54-37-52(62(45-13-7-3-8-14-45)48-25-19-42(40-59)20-26-48)33-35-56(54)64(57)51-31-29-50(30-32-51)61(44-11-5-2-6-12-44)47-23-17-41(39-58)18-24-47/h2-38H. The molecule has 0 aliphatic carbocycles. The van der Waals surface area contributed by atoms with E-state index in [4.69, 9.17) is 6.57 Å². The predicted molar refractivity (Wildman–Crippen MR) is 261 cm³/mol. The molecule has 0 aliphatic heterocycles. The largest absolute Gasteiger partial charge is 0.311 e. The third-order valence-corrected chi connectivity index (χ3v) is 11.4. The van der Waals surface area contributed by atoms with E-state index in [2.05, 4.69) is 133 Å². The van der Waals surface area contributed by atoms with Gasteiger partial charge in [0.2, 0.25) is 0 Å². The Balaban J connectivity index is 1.17. The topological polar surface area (TPSA) is 66.6 Å². The molecule has 64 heavy (non-hydrogen) atoms. The number of rotatable bonds is 10. The summed E-state index contributed by atoms with van der Waals surface area (Å²) in [5.41, 5.74) is 13.6. The van der Waals surface area contributed by atoms with Gasteiger partial charge in [-0.15, -0.1) is 0 Å². The van der Waals surface area contributed by atoms with Gasteiger partial charge in [0.25, 0.3) is 0 Å². The highest BCUT2D eigenvalue weighted by Gasteiger charge is 2.21. The third-order valence-electron chi connectivity index (χ3n) is 11.4. The fraction of sp³-hybridized carbons (Fsp3) is 0. The summed E-state index contributed by atoms with van der Waals surface area (Å²) in [4.78, 5) is 10.3. The van der Waals surface area contributed by atoms with E-state index in [0.717, 1.165) is 78.7 Å². The van der Waals surface area contributed by atoms with Crippen LogP contribution in [0.2, 0.25) is 0 Å². The highest BCUT2D eigenvalue weighted by Crippen LogP contribution is 2.44. The maximum absolute atomic E-state index is 9.62. The predicted octanol–water partition coefficient (Wildman–Crippen LogP) is 15.5. The van der Waals surface area contributed by atoms with Gasteiger partial charge in [-0.05, 0) is 158 Å². The minimum Gasteiger partial charge on any atom is -0.311 e. The number of aromatic nitrogens is 1. The van der Waals surface area contributed by atoms with E-state index in [0.29, 0.717) is 16.8 Å². The number of nitriles is 2. The van der Waals surface area contributed by atoms with Crippen molar-refractivity contribution in [1.82, 2.24) is 4.57 Å². The van der Waals surface area contributed by atoms with Crippen molar-refractivity contribution in [1.29, 1.82) is 10.5 Å². The normalized spacial score (nSPS) is 10.8. The van der Waals surface area contributed by atoms with E-state index in [1.807, 2.05) is 127 Å². The van der Waals surface area contributed by atoms with E-state index >= 15 is 0 Å². The average Bonchev–Trinajstić information content (AvgIpc) is 3.69. The van der Waals surface area contributed by atoms with Crippen LogP contribution in [0.25, 0.3) is 32.3 Å². The number of hydrogen-bond acceptors (Lipinski definition) is 5. The van der Waals surface area contributed by atoms with E-state index in [1.165, 1.54) is 0 Å². The van der Waals surface area contributed by atoms with Gasteiger partial charge in [-0.3, -0.25) is 0 Å². The van der Waals surface area contributed by atoms with E-state index in [-0.39, 0.29) is 0 Å². The van der Waals surface area contributed by atoms with E-state index < -0.39 is 0 Å². The zero-order valence-corrected chi connectivity index (χ0v) is 34.5. The molecule has 0 spiro atoms. The highest BCUT2D eigenvalue weighted by molar-refractivity contribution is 6.12. The lowest BCUT2D eigenvalue weighted by molar-refractivity contribution is 1.17. The minimum atomic E-state index is 0.586. The van der Waals surface area contributed by atoms with Crippen molar-refractivity contribution in [3.05, 3.63) is 247 Å². The van der Waals surface area contributed by atoms with Crippen LogP contribution in [0.15, 0.2) is 224 Å². The van der Waals surface area contributed by atoms with E-state index in [9.17, 15) is 10.5 Å². The molecule has 7 nitrogen and oxygen atoms in total. The Kier molecular flexibility index (Phi) is 10.3. The molecule has 9 aromatic carbocycles. The van der Waals surface area contributed by atoms with Crippen molar-refractivity contribution in [2.24, 2.45) is 0 Å². The molecule has 0 bridgehead atoms. The average molecular weight is 820 g/mol. The fourth-order valence-electron chi connectivity index (χ4n) is 8.43. The zero-order valence-electron chi connectivity index (χ0n) is 34.5. The summed E-state index contributed by atoms with van der Waals surface area (Å²) < 4.78 is 2.32. The van der Waals surface area contributed by atoms with Gasteiger partial charge in [0.1, 0.15) is 0 Å². The number of benzene rings is 9. The SMILES string of the molecule is [C-]#[N+]c1ccc(N(c2ccccc2)c2ccc3c(c2)c2cc(N(c4ccccc4)c4ccc(C#N)cc4)ccc2n3-c2ccc(N(c3ccccc3)c3ccc(C#N)cc3)cc2)cc1. The Morgan fingerprint density at radius 2 is 0.672 bits per heavy atom. The monoisotopic (exact) mass is 819 g/mol. The van der Waals surface area contributed by atoms with Crippen LogP contribution in [-0.4, -0.2) is 4.57 Å². The minimum absolute atomic E-state index is 0.586.